The van der Waals surface area contributed by atoms with Crippen LogP contribution < -0.4 is 10.6 Å². The van der Waals surface area contributed by atoms with Crippen LogP contribution in [0.25, 0.3) is 0 Å². The monoisotopic (exact) mass is 200 g/mol. The number of hydrogen-bond donors (Lipinski definition) is 3. The lowest BCUT2D eigenvalue weighted by molar-refractivity contribution is -0.126. The van der Waals surface area contributed by atoms with Crippen LogP contribution in [-0.2, 0) is 4.79 Å². The van der Waals surface area contributed by atoms with Crippen LogP contribution in [-0.4, -0.2) is 36.2 Å². The van der Waals surface area contributed by atoms with Crippen LogP contribution in [0.5, 0.6) is 0 Å². The zero-order chi connectivity index (χ0) is 10.6. The Balaban J connectivity index is 2.30. The van der Waals surface area contributed by atoms with Gasteiger partial charge in [0, 0.05) is 18.6 Å². The van der Waals surface area contributed by atoms with E-state index in [0.717, 1.165) is 19.4 Å². The van der Waals surface area contributed by atoms with Crippen molar-refractivity contribution in [1.29, 1.82) is 0 Å². The minimum absolute atomic E-state index is 0.00227. The maximum Gasteiger partial charge on any atom is 0.224 e. The molecule has 4 nitrogen and oxygen atoms in total. The molecule has 0 aromatic rings. The summed E-state index contributed by atoms with van der Waals surface area (Å²) < 4.78 is 0. The van der Waals surface area contributed by atoms with Crippen molar-refractivity contribution in [3.63, 3.8) is 0 Å². The van der Waals surface area contributed by atoms with E-state index >= 15 is 0 Å². The predicted octanol–water partition coefficient (Wildman–Crippen LogP) is -0.128. The fraction of sp³-hybridized carbons (Fsp3) is 0.900. The molecule has 1 saturated heterocycles. The van der Waals surface area contributed by atoms with Crippen molar-refractivity contribution in [1.82, 2.24) is 10.6 Å². The molecule has 0 aromatic carbocycles. The van der Waals surface area contributed by atoms with Gasteiger partial charge in [0.2, 0.25) is 5.91 Å². The zero-order valence-electron chi connectivity index (χ0n) is 8.92. The van der Waals surface area contributed by atoms with Gasteiger partial charge in [-0.05, 0) is 26.7 Å². The molecule has 1 heterocycles. The lowest BCUT2D eigenvalue weighted by atomic mass is 9.94. The SMILES string of the molecule is CC1CCC(C(=O)N[C@@H](C)CO)CN1. The van der Waals surface area contributed by atoms with Gasteiger partial charge in [-0.25, -0.2) is 0 Å². The number of aliphatic hydroxyl groups is 1. The molecule has 0 aliphatic carbocycles. The number of amides is 1. The second-order valence-electron chi connectivity index (χ2n) is 4.18. The molecule has 0 spiro atoms. The fourth-order valence-electron chi connectivity index (χ4n) is 1.63. The second-order valence-corrected chi connectivity index (χ2v) is 4.18. The van der Waals surface area contributed by atoms with Crippen LogP contribution in [0.4, 0.5) is 0 Å². The van der Waals surface area contributed by atoms with Gasteiger partial charge in [-0.3, -0.25) is 4.79 Å². The molecule has 0 aromatic heterocycles. The molecule has 4 heteroatoms. The van der Waals surface area contributed by atoms with Gasteiger partial charge in [-0.1, -0.05) is 0 Å². The van der Waals surface area contributed by atoms with Crippen molar-refractivity contribution >= 4 is 5.91 Å². The molecule has 14 heavy (non-hydrogen) atoms. The third-order valence-electron chi connectivity index (χ3n) is 2.69. The average molecular weight is 200 g/mol. The Hall–Kier alpha value is -0.610. The van der Waals surface area contributed by atoms with Crippen molar-refractivity contribution in [2.45, 2.75) is 38.8 Å². The minimum atomic E-state index is -0.137. The molecule has 1 amide bonds. The van der Waals surface area contributed by atoms with Crippen molar-refractivity contribution in [2.75, 3.05) is 13.2 Å². The van der Waals surface area contributed by atoms with Crippen molar-refractivity contribution in [2.24, 2.45) is 5.92 Å². The van der Waals surface area contributed by atoms with Gasteiger partial charge in [-0.2, -0.15) is 0 Å². The summed E-state index contributed by atoms with van der Waals surface area (Å²) in [6.45, 7) is 4.69. The van der Waals surface area contributed by atoms with E-state index in [1.165, 1.54) is 0 Å². The molecule has 3 N–H and O–H groups in total. The molecule has 0 saturated carbocycles. The van der Waals surface area contributed by atoms with Gasteiger partial charge in [-0.15, -0.1) is 0 Å². The van der Waals surface area contributed by atoms with E-state index in [1.807, 2.05) is 0 Å². The van der Waals surface area contributed by atoms with Crippen molar-refractivity contribution in [3.8, 4) is 0 Å². The van der Waals surface area contributed by atoms with E-state index < -0.39 is 0 Å². The van der Waals surface area contributed by atoms with E-state index in [4.69, 9.17) is 5.11 Å². The molecule has 0 bridgehead atoms. The first-order valence-electron chi connectivity index (χ1n) is 5.28. The van der Waals surface area contributed by atoms with Crippen LogP contribution in [0.15, 0.2) is 0 Å². The van der Waals surface area contributed by atoms with Crippen LogP contribution in [0.1, 0.15) is 26.7 Å². The molecule has 1 rings (SSSR count). The topological polar surface area (TPSA) is 61.4 Å². The molecule has 0 radical (unpaired) electrons. The van der Waals surface area contributed by atoms with E-state index in [9.17, 15) is 4.79 Å². The standard InChI is InChI=1S/C10H20N2O2/c1-7-3-4-9(5-11-7)10(14)12-8(2)6-13/h7-9,11,13H,3-6H2,1-2H3,(H,12,14)/t7?,8-,9?/m0/s1. The highest BCUT2D eigenvalue weighted by molar-refractivity contribution is 5.79. The summed E-state index contributed by atoms with van der Waals surface area (Å²) in [7, 11) is 0. The minimum Gasteiger partial charge on any atom is -0.394 e. The van der Waals surface area contributed by atoms with E-state index in [1.54, 1.807) is 6.92 Å². The lowest BCUT2D eigenvalue weighted by Gasteiger charge is -2.27. The Labute approximate surface area is 85.1 Å². The molecular formula is C10H20N2O2. The molecule has 1 fully saturated rings. The van der Waals surface area contributed by atoms with Gasteiger partial charge < -0.3 is 15.7 Å². The predicted molar refractivity (Wildman–Crippen MR) is 54.9 cm³/mol. The Morgan fingerprint density at radius 2 is 2.36 bits per heavy atom. The molecular weight excluding hydrogens is 180 g/mol. The molecule has 1 aliphatic rings. The normalized spacial score (nSPS) is 29.6. The van der Waals surface area contributed by atoms with Gasteiger partial charge in [0.25, 0.3) is 0 Å². The molecule has 1 aliphatic heterocycles. The fourth-order valence-corrected chi connectivity index (χ4v) is 1.63. The maximum absolute atomic E-state index is 11.6. The number of nitrogens with one attached hydrogen (secondary N) is 2. The van der Waals surface area contributed by atoms with Crippen LogP contribution in [0, 0.1) is 5.92 Å². The number of carbonyl (C=O) groups excluding carboxylic acids is 1. The number of carbonyl (C=O) groups is 1. The highest BCUT2D eigenvalue weighted by Crippen LogP contribution is 2.14. The Bertz CT molecular complexity index is 189. The maximum atomic E-state index is 11.6. The van der Waals surface area contributed by atoms with E-state index in [0.29, 0.717) is 6.04 Å². The highest BCUT2D eigenvalue weighted by atomic mass is 16.3. The first-order chi connectivity index (χ1) is 6.63. The third-order valence-corrected chi connectivity index (χ3v) is 2.69. The van der Waals surface area contributed by atoms with Crippen LogP contribution >= 0.6 is 0 Å². The molecule has 3 atom stereocenters. The summed E-state index contributed by atoms with van der Waals surface area (Å²) in [5.74, 6) is 0.131. The smallest absolute Gasteiger partial charge is 0.224 e. The number of aliphatic hydroxyl groups excluding tert-OH is 1. The Kier molecular flexibility index (Phi) is 4.35. The van der Waals surface area contributed by atoms with Gasteiger partial charge in [0.1, 0.15) is 0 Å². The number of piperidine rings is 1. The summed E-state index contributed by atoms with van der Waals surface area (Å²) >= 11 is 0. The van der Waals surface area contributed by atoms with E-state index in [2.05, 4.69) is 17.6 Å². The van der Waals surface area contributed by atoms with Gasteiger partial charge in [0.15, 0.2) is 0 Å². The zero-order valence-corrected chi connectivity index (χ0v) is 8.92. The van der Waals surface area contributed by atoms with Crippen LogP contribution in [0.3, 0.4) is 0 Å². The first kappa shape index (κ1) is 11.5. The number of rotatable bonds is 3. The van der Waals surface area contributed by atoms with Gasteiger partial charge >= 0.3 is 0 Å². The molecule has 82 valence electrons. The average Bonchev–Trinajstić information content (AvgIpc) is 2.18. The van der Waals surface area contributed by atoms with Gasteiger partial charge in [0.05, 0.1) is 12.5 Å². The second kappa shape index (κ2) is 5.32. The lowest BCUT2D eigenvalue weighted by Crippen LogP contribution is -2.46. The molecule has 2 unspecified atom stereocenters. The first-order valence-corrected chi connectivity index (χ1v) is 5.28. The summed E-state index contributed by atoms with van der Waals surface area (Å²) in [6, 6.07) is 0.385. The summed E-state index contributed by atoms with van der Waals surface area (Å²) in [4.78, 5) is 11.6. The Morgan fingerprint density at radius 3 is 2.86 bits per heavy atom. The van der Waals surface area contributed by atoms with Crippen LogP contribution in [0.2, 0.25) is 0 Å². The summed E-state index contributed by atoms with van der Waals surface area (Å²) in [5.41, 5.74) is 0. The summed E-state index contributed by atoms with van der Waals surface area (Å²) in [6.07, 6.45) is 1.99. The third kappa shape index (κ3) is 3.27. The Morgan fingerprint density at radius 1 is 1.64 bits per heavy atom. The number of hydrogen-bond acceptors (Lipinski definition) is 3. The quantitative estimate of drug-likeness (QED) is 0.595. The van der Waals surface area contributed by atoms with Crippen molar-refractivity contribution < 1.29 is 9.90 Å². The highest BCUT2D eigenvalue weighted by Gasteiger charge is 2.24. The summed E-state index contributed by atoms with van der Waals surface area (Å²) in [5, 5.41) is 14.9. The van der Waals surface area contributed by atoms with E-state index in [-0.39, 0.29) is 24.5 Å². The van der Waals surface area contributed by atoms with Crippen molar-refractivity contribution in [3.05, 3.63) is 0 Å². The largest absolute Gasteiger partial charge is 0.394 e.